The van der Waals surface area contributed by atoms with Crippen molar-refractivity contribution in [1.82, 2.24) is 4.98 Å². The van der Waals surface area contributed by atoms with Gasteiger partial charge in [-0.05, 0) is 6.07 Å². The van der Waals surface area contributed by atoms with Gasteiger partial charge in [-0.2, -0.15) is 0 Å². The average molecular weight is 219 g/mol. The van der Waals surface area contributed by atoms with Gasteiger partial charge in [-0.25, -0.2) is 0 Å². The van der Waals surface area contributed by atoms with Crippen LogP contribution < -0.4 is 0 Å². The van der Waals surface area contributed by atoms with E-state index in [1.54, 1.807) is 0 Å². The van der Waals surface area contributed by atoms with E-state index in [4.69, 9.17) is 0 Å². The van der Waals surface area contributed by atoms with Crippen LogP contribution in [0.15, 0.2) is 30.6 Å². The Morgan fingerprint density at radius 2 is 1.88 bits per heavy atom. The van der Waals surface area contributed by atoms with Gasteiger partial charge in [0.1, 0.15) is 0 Å². The Morgan fingerprint density at radius 1 is 1.12 bits per heavy atom. The molecule has 1 heterocycles. The lowest BCUT2D eigenvalue weighted by Crippen LogP contribution is -1.94. The van der Waals surface area contributed by atoms with Gasteiger partial charge in [0, 0.05) is 23.8 Å². The Balaban J connectivity index is 2.84. The van der Waals surface area contributed by atoms with Crippen molar-refractivity contribution in [1.29, 1.82) is 0 Å². The summed E-state index contributed by atoms with van der Waals surface area (Å²) in [5.74, 6) is 0. The van der Waals surface area contributed by atoms with Crippen LogP contribution in [0, 0.1) is 20.2 Å². The molecule has 1 aromatic heterocycles. The minimum Gasteiger partial charge on any atom is -0.264 e. The molecule has 7 nitrogen and oxygen atoms in total. The molecule has 0 unspecified atom stereocenters. The van der Waals surface area contributed by atoms with Crippen LogP contribution in [0.25, 0.3) is 10.8 Å². The number of nitrogens with zero attached hydrogens (tertiary/aromatic N) is 3. The fourth-order valence-corrected chi connectivity index (χ4v) is 1.43. The third kappa shape index (κ3) is 1.54. The Kier molecular flexibility index (Phi) is 2.20. The van der Waals surface area contributed by atoms with Gasteiger partial charge in [-0.1, -0.05) is 0 Å². The van der Waals surface area contributed by atoms with E-state index in [1.807, 2.05) is 0 Å². The number of hydrogen-bond acceptors (Lipinski definition) is 5. The normalized spacial score (nSPS) is 10.2. The summed E-state index contributed by atoms with van der Waals surface area (Å²) in [5.41, 5.74) is -0.598. The Morgan fingerprint density at radius 3 is 2.50 bits per heavy atom. The minimum atomic E-state index is -0.667. The van der Waals surface area contributed by atoms with E-state index < -0.39 is 9.85 Å². The molecular weight excluding hydrogens is 214 g/mol. The number of non-ortho nitro benzene ring substituents is 2. The van der Waals surface area contributed by atoms with Gasteiger partial charge in [-0.3, -0.25) is 25.2 Å². The van der Waals surface area contributed by atoms with Gasteiger partial charge in [0.25, 0.3) is 11.4 Å². The van der Waals surface area contributed by atoms with Crippen molar-refractivity contribution in [3.05, 3.63) is 50.8 Å². The molecule has 80 valence electrons. The predicted octanol–water partition coefficient (Wildman–Crippen LogP) is 2.05. The molecule has 0 N–H and O–H groups in total. The molecule has 0 spiro atoms. The first-order chi connectivity index (χ1) is 7.59. The highest BCUT2D eigenvalue weighted by Gasteiger charge is 2.18. The topological polar surface area (TPSA) is 99.2 Å². The summed E-state index contributed by atoms with van der Waals surface area (Å²) in [6.45, 7) is 0. The van der Waals surface area contributed by atoms with Crippen LogP contribution in [-0.2, 0) is 0 Å². The van der Waals surface area contributed by atoms with Crippen molar-refractivity contribution in [3.63, 3.8) is 0 Å². The molecule has 0 radical (unpaired) electrons. The zero-order chi connectivity index (χ0) is 11.7. The van der Waals surface area contributed by atoms with E-state index in [-0.39, 0.29) is 11.4 Å². The summed E-state index contributed by atoms with van der Waals surface area (Å²) in [4.78, 5) is 23.8. The molecule has 0 fully saturated rings. The third-order valence-electron chi connectivity index (χ3n) is 2.12. The van der Waals surface area contributed by atoms with Gasteiger partial charge >= 0.3 is 0 Å². The first kappa shape index (κ1) is 9.97. The van der Waals surface area contributed by atoms with Crippen molar-refractivity contribution in [3.8, 4) is 0 Å². The van der Waals surface area contributed by atoms with Crippen LogP contribution in [0.3, 0.4) is 0 Å². The first-order valence-corrected chi connectivity index (χ1v) is 4.26. The van der Waals surface area contributed by atoms with Gasteiger partial charge in [0.05, 0.1) is 21.3 Å². The van der Waals surface area contributed by atoms with E-state index in [0.29, 0.717) is 10.8 Å². The number of pyridine rings is 1. The zero-order valence-electron chi connectivity index (χ0n) is 7.86. The molecule has 0 atom stereocenters. The van der Waals surface area contributed by atoms with E-state index in [0.717, 1.165) is 6.07 Å². The first-order valence-electron chi connectivity index (χ1n) is 4.26. The molecule has 0 aliphatic carbocycles. The predicted molar refractivity (Wildman–Crippen MR) is 55.1 cm³/mol. The van der Waals surface area contributed by atoms with E-state index in [9.17, 15) is 20.2 Å². The summed E-state index contributed by atoms with van der Waals surface area (Å²) < 4.78 is 0. The average Bonchev–Trinajstić information content (AvgIpc) is 2.27. The lowest BCUT2D eigenvalue weighted by atomic mass is 10.1. The lowest BCUT2D eigenvalue weighted by molar-refractivity contribution is -0.393. The van der Waals surface area contributed by atoms with E-state index >= 15 is 0 Å². The molecule has 0 saturated heterocycles. The quantitative estimate of drug-likeness (QED) is 0.568. The van der Waals surface area contributed by atoms with Crippen molar-refractivity contribution >= 4 is 22.1 Å². The van der Waals surface area contributed by atoms with E-state index in [1.165, 1.54) is 24.5 Å². The second-order valence-corrected chi connectivity index (χ2v) is 3.08. The summed E-state index contributed by atoms with van der Waals surface area (Å²) in [7, 11) is 0. The summed E-state index contributed by atoms with van der Waals surface area (Å²) in [6, 6.07) is 3.66. The van der Waals surface area contributed by atoms with Crippen LogP contribution in [0.5, 0.6) is 0 Å². The summed E-state index contributed by atoms with van der Waals surface area (Å²) >= 11 is 0. The van der Waals surface area contributed by atoms with Gasteiger partial charge in [0.15, 0.2) is 0 Å². The monoisotopic (exact) mass is 219 g/mol. The van der Waals surface area contributed by atoms with Crippen molar-refractivity contribution in [2.24, 2.45) is 0 Å². The highest BCUT2D eigenvalue weighted by Crippen LogP contribution is 2.29. The van der Waals surface area contributed by atoms with Gasteiger partial charge in [0.2, 0.25) is 0 Å². The van der Waals surface area contributed by atoms with Crippen LogP contribution in [0.4, 0.5) is 11.4 Å². The molecule has 7 heteroatoms. The second-order valence-electron chi connectivity index (χ2n) is 3.08. The fraction of sp³-hybridized carbons (Fsp3) is 0. The molecule has 1 aromatic carbocycles. The molecule has 16 heavy (non-hydrogen) atoms. The fourth-order valence-electron chi connectivity index (χ4n) is 1.43. The molecule has 0 aliphatic rings. The molecule has 2 aromatic rings. The third-order valence-corrected chi connectivity index (χ3v) is 2.12. The standard InChI is InChI=1S/C9H5N3O4/c13-11(14)7-3-6-5-10-2-1-8(6)9(4-7)12(15)16/h1-5H. The zero-order valence-corrected chi connectivity index (χ0v) is 7.86. The number of fused-ring (bicyclic) bond motifs is 1. The molecule has 2 rings (SSSR count). The van der Waals surface area contributed by atoms with Crippen molar-refractivity contribution in [2.45, 2.75) is 0 Å². The number of nitro benzene ring substituents is 2. The van der Waals surface area contributed by atoms with Gasteiger partial charge in [-0.15, -0.1) is 0 Å². The van der Waals surface area contributed by atoms with Gasteiger partial charge < -0.3 is 0 Å². The molecule has 0 bridgehead atoms. The van der Waals surface area contributed by atoms with Crippen LogP contribution in [-0.4, -0.2) is 14.8 Å². The maximum atomic E-state index is 10.8. The highest BCUT2D eigenvalue weighted by molar-refractivity contribution is 5.92. The SMILES string of the molecule is O=[N+]([O-])c1cc([N+](=O)[O-])c2ccncc2c1. The summed E-state index contributed by atoms with van der Waals surface area (Å²) in [6.07, 6.45) is 2.76. The van der Waals surface area contributed by atoms with E-state index in [2.05, 4.69) is 4.98 Å². The molecule has 0 aliphatic heterocycles. The Hall–Kier alpha value is -2.57. The molecular formula is C9H5N3O4. The molecule has 0 amide bonds. The maximum absolute atomic E-state index is 10.8. The smallest absolute Gasteiger partial charge is 0.264 e. The highest BCUT2D eigenvalue weighted by atomic mass is 16.6. The van der Waals surface area contributed by atoms with Crippen LogP contribution >= 0.6 is 0 Å². The number of hydrogen-bond donors (Lipinski definition) is 0. The number of aromatic nitrogens is 1. The van der Waals surface area contributed by atoms with Crippen LogP contribution in [0.1, 0.15) is 0 Å². The van der Waals surface area contributed by atoms with Crippen molar-refractivity contribution in [2.75, 3.05) is 0 Å². The number of rotatable bonds is 2. The second kappa shape index (κ2) is 3.54. The lowest BCUT2D eigenvalue weighted by Gasteiger charge is -1.98. The number of nitro groups is 2. The Bertz CT molecular complexity index is 596. The maximum Gasteiger partial charge on any atom is 0.284 e. The van der Waals surface area contributed by atoms with Crippen molar-refractivity contribution < 1.29 is 9.85 Å². The number of benzene rings is 1. The molecule has 0 saturated carbocycles. The summed E-state index contributed by atoms with van der Waals surface area (Å²) in [5, 5.41) is 22.1. The largest absolute Gasteiger partial charge is 0.284 e. The Labute approximate surface area is 88.6 Å². The minimum absolute atomic E-state index is 0.286. The van der Waals surface area contributed by atoms with Crippen LogP contribution in [0.2, 0.25) is 0 Å².